The average Bonchev–Trinajstić information content (AvgIpc) is 3.12. The van der Waals surface area contributed by atoms with Gasteiger partial charge in [-0.3, -0.25) is 9.69 Å². The van der Waals surface area contributed by atoms with Gasteiger partial charge in [0.15, 0.2) is 0 Å². The Kier molecular flexibility index (Phi) is 5.69. The van der Waals surface area contributed by atoms with E-state index in [1.54, 1.807) is 20.3 Å². The Morgan fingerprint density at radius 3 is 2.42 bits per heavy atom. The highest BCUT2D eigenvalue weighted by molar-refractivity contribution is 6.30. The van der Waals surface area contributed by atoms with Gasteiger partial charge in [-0.2, -0.15) is 0 Å². The summed E-state index contributed by atoms with van der Waals surface area (Å²) >= 11 is 6.23. The van der Waals surface area contributed by atoms with Gasteiger partial charge in [-0.05, 0) is 42.7 Å². The van der Waals surface area contributed by atoms with Gasteiger partial charge in [-0.25, -0.2) is 0 Å². The van der Waals surface area contributed by atoms with E-state index in [1.165, 1.54) is 0 Å². The summed E-state index contributed by atoms with van der Waals surface area (Å²) in [6, 6.07) is 12.2. The summed E-state index contributed by atoms with van der Waals surface area (Å²) in [5.41, 5.74) is 1.72. The van der Waals surface area contributed by atoms with Gasteiger partial charge in [-0.15, -0.1) is 0 Å². The lowest BCUT2D eigenvalue weighted by Gasteiger charge is -2.33. The first-order valence-corrected chi connectivity index (χ1v) is 8.89. The minimum atomic E-state index is -0.816. The van der Waals surface area contributed by atoms with Gasteiger partial charge in [0, 0.05) is 11.6 Å². The molecular weight excluding hydrogens is 354 g/mol. The zero-order valence-corrected chi connectivity index (χ0v) is 15.6. The third kappa shape index (κ3) is 3.50. The molecule has 1 saturated heterocycles. The van der Waals surface area contributed by atoms with E-state index in [1.807, 2.05) is 41.3 Å². The Bertz CT molecular complexity index is 773. The number of benzene rings is 2. The van der Waals surface area contributed by atoms with Gasteiger partial charge in [0.2, 0.25) is 0 Å². The van der Waals surface area contributed by atoms with Crippen LogP contribution in [0.15, 0.2) is 42.5 Å². The van der Waals surface area contributed by atoms with Crippen LogP contribution in [0, 0.1) is 0 Å². The molecule has 2 unspecified atom stereocenters. The molecule has 0 saturated carbocycles. The van der Waals surface area contributed by atoms with Crippen LogP contribution in [0.3, 0.4) is 0 Å². The number of aliphatic carboxylic acids is 1. The number of carboxylic acids is 1. The zero-order valence-electron chi connectivity index (χ0n) is 14.8. The second kappa shape index (κ2) is 7.98. The highest BCUT2D eigenvalue weighted by Crippen LogP contribution is 2.43. The monoisotopic (exact) mass is 375 g/mol. The molecule has 138 valence electrons. The zero-order chi connectivity index (χ0) is 18.7. The molecule has 0 aromatic heterocycles. The molecule has 2 aromatic carbocycles. The van der Waals surface area contributed by atoms with Crippen LogP contribution in [0.4, 0.5) is 0 Å². The van der Waals surface area contributed by atoms with E-state index in [2.05, 4.69) is 0 Å². The van der Waals surface area contributed by atoms with Crippen LogP contribution in [-0.2, 0) is 4.79 Å². The first-order valence-electron chi connectivity index (χ1n) is 8.51. The summed E-state index contributed by atoms with van der Waals surface area (Å²) < 4.78 is 11.2. The lowest BCUT2D eigenvalue weighted by molar-refractivity contribution is -0.142. The van der Waals surface area contributed by atoms with E-state index in [0.29, 0.717) is 29.5 Å². The van der Waals surface area contributed by atoms with Gasteiger partial charge in [-0.1, -0.05) is 29.8 Å². The fraction of sp³-hybridized carbons (Fsp3) is 0.350. The van der Waals surface area contributed by atoms with Crippen molar-refractivity contribution in [3.8, 4) is 11.5 Å². The molecule has 1 N–H and O–H groups in total. The fourth-order valence-electron chi connectivity index (χ4n) is 3.71. The van der Waals surface area contributed by atoms with Crippen LogP contribution >= 0.6 is 11.6 Å². The van der Waals surface area contributed by atoms with Crippen LogP contribution in [0.2, 0.25) is 5.02 Å². The molecule has 1 fully saturated rings. The number of carboxylic acid groups (broad SMARTS) is 1. The van der Waals surface area contributed by atoms with E-state index < -0.39 is 12.0 Å². The molecule has 6 heteroatoms. The molecule has 0 aliphatic carbocycles. The fourth-order valence-corrected chi connectivity index (χ4v) is 3.91. The van der Waals surface area contributed by atoms with Crippen LogP contribution < -0.4 is 9.47 Å². The number of hydrogen-bond acceptors (Lipinski definition) is 4. The third-order valence-electron chi connectivity index (χ3n) is 4.81. The summed E-state index contributed by atoms with van der Waals surface area (Å²) in [6.45, 7) is 0.676. The van der Waals surface area contributed by atoms with Crippen molar-refractivity contribution in [3.05, 3.63) is 58.6 Å². The largest absolute Gasteiger partial charge is 0.496 e. The van der Waals surface area contributed by atoms with Crippen molar-refractivity contribution < 1.29 is 19.4 Å². The number of hydrogen-bond donors (Lipinski definition) is 1. The van der Waals surface area contributed by atoms with Crippen molar-refractivity contribution in [3.63, 3.8) is 0 Å². The standard InChI is InChI=1S/C20H22ClNO4/c1-25-16-9-4-10-17(26-2)18(16)19(13-6-3-7-14(21)12-13)22-11-5-8-15(22)20(23)24/h3-4,6-7,9-10,12,15,19H,5,8,11H2,1-2H3,(H,23,24). The molecule has 1 aliphatic rings. The number of halogens is 1. The van der Waals surface area contributed by atoms with Crippen molar-refractivity contribution in [2.24, 2.45) is 0 Å². The number of rotatable bonds is 6. The molecular formula is C20H22ClNO4. The molecule has 0 amide bonds. The molecule has 0 bridgehead atoms. The molecule has 1 heterocycles. The Balaban J connectivity index is 2.21. The van der Waals surface area contributed by atoms with Gasteiger partial charge in [0.05, 0.1) is 25.8 Å². The van der Waals surface area contributed by atoms with Gasteiger partial charge < -0.3 is 14.6 Å². The van der Waals surface area contributed by atoms with E-state index in [4.69, 9.17) is 21.1 Å². The topological polar surface area (TPSA) is 59.0 Å². The summed E-state index contributed by atoms with van der Waals surface area (Å²) in [6.07, 6.45) is 1.44. The number of likely N-dealkylation sites (tertiary alicyclic amines) is 1. The van der Waals surface area contributed by atoms with Gasteiger partial charge in [0.1, 0.15) is 17.5 Å². The van der Waals surface area contributed by atoms with Gasteiger partial charge >= 0.3 is 5.97 Å². The Morgan fingerprint density at radius 2 is 1.85 bits per heavy atom. The van der Waals surface area contributed by atoms with Crippen LogP contribution in [0.1, 0.15) is 30.0 Å². The Labute approximate surface area is 158 Å². The van der Waals surface area contributed by atoms with Crippen molar-refractivity contribution >= 4 is 17.6 Å². The first-order chi connectivity index (χ1) is 12.6. The quantitative estimate of drug-likeness (QED) is 0.827. The normalized spacial score (nSPS) is 18.5. The second-order valence-corrected chi connectivity index (χ2v) is 6.70. The number of nitrogens with zero attached hydrogens (tertiary/aromatic N) is 1. The molecule has 2 atom stereocenters. The lowest BCUT2D eigenvalue weighted by atomic mass is 9.94. The van der Waals surface area contributed by atoms with Crippen LogP contribution in [0.25, 0.3) is 0 Å². The highest BCUT2D eigenvalue weighted by Gasteiger charge is 2.39. The smallest absolute Gasteiger partial charge is 0.320 e. The third-order valence-corrected chi connectivity index (χ3v) is 5.05. The molecule has 0 radical (unpaired) electrons. The molecule has 1 aliphatic heterocycles. The maximum atomic E-state index is 11.8. The predicted molar refractivity (Wildman–Crippen MR) is 100 cm³/mol. The number of ether oxygens (including phenoxy) is 2. The van der Waals surface area contributed by atoms with E-state index in [0.717, 1.165) is 17.5 Å². The minimum Gasteiger partial charge on any atom is -0.496 e. The van der Waals surface area contributed by atoms with Crippen LogP contribution in [-0.4, -0.2) is 42.8 Å². The first kappa shape index (κ1) is 18.5. The molecule has 5 nitrogen and oxygen atoms in total. The van der Waals surface area contributed by atoms with E-state index in [9.17, 15) is 9.90 Å². The summed E-state index contributed by atoms with van der Waals surface area (Å²) in [4.78, 5) is 13.8. The Morgan fingerprint density at radius 1 is 1.19 bits per heavy atom. The number of carbonyl (C=O) groups is 1. The second-order valence-electron chi connectivity index (χ2n) is 6.27. The predicted octanol–water partition coefficient (Wildman–Crippen LogP) is 4.00. The van der Waals surface area contributed by atoms with Crippen molar-refractivity contribution in [2.45, 2.75) is 24.9 Å². The summed E-state index contributed by atoms with van der Waals surface area (Å²) in [5.74, 6) is 0.499. The van der Waals surface area contributed by atoms with E-state index in [-0.39, 0.29) is 6.04 Å². The molecule has 26 heavy (non-hydrogen) atoms. The van der Waals surface area contributed by atoms with Crippen molar-refractivity contribution in [1.29, 1.82) is 0 Å². The Hall–Kier alpha value is -2.24. The average molecular weight is 376 g/mol. The van der Waals surface area contributed by atoms with Crippen molar-refractivity contribution in [1.82, 2.24) is 4.90 Å². The van der Waals surface area contributed by atoms with Crippen molar-refractivity contribution in [2.75, 3.05) is 20.8 Å². The van der Waals surface area contributed by atoms with E-state index >= 15 is 0 Å². The number of methoxy groups -OCH3 is 2. The highest BCUT2D eigenvalue weighted by atomic mass is 35.5. The maximum absolute atomic E-state index is 11.8. The summed E-state index contributed by atoms with van der Waals surface area (Å²) in [5, 5.41) is 10.3. The SMILES string of the molecule is COc1cccc(OC)c1C(c1cccc(Cl)c1)N1CCCC1C(=O)O. The van der Waals surface area contributed by atoms with Gasteiger partial charge in [0.25, 0.3) is 0 Å². The molecule has 3 rings (SSSR count). The van der Waals surface area contributed by atoms with Crippen LogP contribution in [0.5, 0.6) is 11.5 Å². The maximum Gasteiger partial charge on any atom is 0.320 e. The minimum absolute atomic E-state index is 0.330. The molecule has 2 aromatic rings. The molecule has 0 spiro atoms. The lowest BCUT2D eigenvalue weighted by Crippen LogP contribution is -2.39. The summed E-state index contributed by atoms with van der Waals surface area (Å²) in [7, 11) is 3.21.